The van der Waals surface area contributed by atoms with Crippen molar-refractivity contribution in [2.24, 2.45) is 0 Å². The Bertz CT molecular complexity index is 408. The molecule has 1 aromatic rings. The Morgan fingerprint density at radius 1 is 1.53 bits per heavy atom. The van der Waals surface area contributed by atoms with Crippen LogP contribution in [0.5, 0.6) is 0 Å². The summed E-state index contributed by atoms with van der Waals surface area (Å²) in [4.78, 5) is 26.7. The molecule has 0 atom stereocenters. The number of aromatic nitrogens is 3. The van der Waals surface area contributed by atoms with Crippen LogP contribution in [-0.2, 0) is 4.79 Å². The van der Waals surface area contributed by atoms with Crippen LogP contribution in [0.15, 0.2) is 6.33 Å². The van der Waals surface area contributed by atoms with E-state index in [0.717, 1.165) is 0 Å². The molecule has 0 bridgehead atoms. The van der Waals surface area contributed by atoms with Gasteiger partial charge >= 0.3 is 5.97 Å². The highest BCUT2D eigenvalue weighted by Gasteiger charge is 2.31. The van der Waals surface area contributed by atoms with E-state index in [4.69, 9.17) is 5.11 Å². The number of hydrogen-bond donors (Lipinski definition) is 1. The number of nitrogens with zero attached hydrogens (tertiary/aromatic N) is 4. The van der Waals surface area contributed by atoms with E-state index in [1.165, 1.54) is 17.9 Å². The maximum atomic E-state index is 10.9. The summed E-state index contributed by atoms with van der Waals surface area (Å²) in [6, 6.07) is 0.0505. The summed E-state index contributed by atoms with van der Waals surface area (Å²) in [7, 11) is 0. The number of carboxylic acid groups (broad SMARTS) is 1. The van der Waals surface area contributed by atoms with E-state index < -0.39 is 5.97 Å². The molecule has 0 aliphatic carbocycles. The van der Waals surface area contributed by atoms with E-state index in [9.17, 15) is 9.59 Å². The number of likely N-dealkylation sites (tertiary alicyclic amines) is 1. The van der Waals surface area contributed by atoms with Crippen molar-refractivity contribution in [1.82, 2.24) is 19.7 Å². The van der Waals surface area contributed by atoms with Crippen LogP contribution in [0.2, 0.25) is 0 Å². The smallest absolute Gasteiger partial charge is 0.375 e. The van der Waals surface area contributed by atoms with Gasteiger partial charge in [-0.15, -0.1) is 5.10 Å². The quantitative estimate of drug-likeness (QED) is 0.702. The summed E-state index contributed by atoms with van der Waals surface area (Å²) in [5.74, 6) is -1.34. The second-order valence-electron chi connectivity index (χ2n) is 3.43. The van der Waals surface area contributed by atoms with Gasteiger partial charge < -0.3 is 10.0 Å². The number of amides is 1. The zero-order chi connectivity index (χ0) is 11.0. The molecule has 7 nitrogen and oxygen atoms in total. The Labute approximate surface area is 85.3 Å². The molecule has 0 radical (unpaired) electrons. The molecule has 0 unspecified atom stereocenters. The summed E-state index contributed by atoms with van der Waals surface area (Å²) in [5, 5.41) is 12.4. The van der Waals surface area contributed by atoms with Gasteiger partial charge in [-0.25, -0.2) is 14.5 Å². The molecule has 7 heteroatoms. The highest BCUT2D eigenvalue weighted by Crippen LogP contribution is 2.19. The summed E-state index contributed by atoms with van der Waals surface area (Å²) >= 11 is 0. The first-order valence-electron chi connectivity index (χ1n) is 4.48. The predicted molar refractivity (Wildman–Crippen MR) is 48.3 cm³/mol. The topological polar surface area (TPSA) is 88.3 Å². The predicted octanol–water partition coefficient (Wildman–Crippen LogP) is -0.621. The lowest BCUT2D eigenvalue weighted by molar-refractivity contribution is -0.134. The second kappa shape index (κ2) is 3.34. The number of carbonyl (C=O) groups is 2. The van der Waals surface area contributed by atoms with Crippen molar-refractivity contribution in [2.45, 2.75) is 13.0 Å². The Kier molecular flexibility index (Phi) is 2.14. The van der Waals surface area contributed by atoms with E-state index in [1.807, 2.05) is 0 Å². The summed E-state index contributed by atoms with van der Waals surface area (Å²) < 4.78 is 1.49. The van der Waals surface area contributed by atoms with Crippen molar-refractivity contribution in [3.8, 4) is 0 Å². The Morgan fingerprint density at radius 2 is 2.20 bits per heavy atom. The van der Waals surface area contributed by atoms with Gasteiger partial charge in [-0.05, 0) is 0 Å². The van der Waals surface area contributed by atoms with Gasteiger partial charge in [-0.3, -0.25) is 4.79 Å². The van der Waals surface area contributed by atoms with Crippen molar-refractivity contribution in [3.05, 3.63) is 12.2 Å². The fraction of sp³-hybridized carbons (Fsp3) is 0.500. The summed E-state index contributed by atoms with van der Waals surface area (Å²) in [5.41, 5.74) is 0. The van der Waals surface area contributed by atoms with Crippen molar-refractivity contribution >= 4 is 11.9 Å². The molecule has 1 aliphatic rings. The van der Waals surface area contributed by atoms with Crippen LogP contribution in [-0.4, -0.2) is 49.7 Å². The van der Waals surface area contributed by atoms with E-state index >= 15 is 0 Å². The lowest BCUT2D eigenvalue weighted by Gasteiger charge is -2.38. The first-order chi connectivity index (χ1) is 7.08. The van der Waals surface area contributed by atoms with E-state index in [-0.39, 0.29) is 17.8 Å². The van der Waals surface area contributed by atoms with E-state index in [1.54, 1.807) is 4.90 Å². The number of aromatic carboxylic acids is 1. The third-order valence-electron chi connectivity index (χ3n) is 2.38. The minimum absolute atomic E-state index is 0.0184. The van der Waals surface area contributed by atoms with Gasteiger partial charge in [0.05, 0.1) is 6.04 Å². The molecule has 15 heavy (non-hydrogen) atoms. The minimum atomic E-state index is -1.14. The molecule has 0 saturated carbocycles. The third kappa shape index (κ3) is 1.67. The van der Waals surface area contributed by atoms with Crippen LogP contribution in [0, 0.1) is 0 Å². The Hall–Kier alpha value is -1.92. The standard InChI is InChI=1S/C8H10N4O3/c1-5(13)11-2-6(3-11)12-4-9-7(10-12)8(14)15/h4,6H,2-3H2,1H3,(H,14,15). The van der Waals surface area contributed by atoms with Gasteiger partial charge in [0.15, 0.2) is 0 Å². The summed E-state index contributed by atoms with van der Waals surface area (Å²) in [6.45, 7) is 2.63. The SMILES string of the molecule is CC(=O)N1CC(n2cnc(C(=O)O)n2)C1. The molecule has 1 saturated heterocycles. The van der Waals surface area contributed by atoms with Gasteiger partial charge in [0.25, 0.3) is 5.82 Å². The second-order valence-corrected chi connectivity index (χ2v) is 3.43. The van der Waals surface area contributed by atoms with Crippen molar-refractivity contribution in [1.29, 1.82) is 0 Å². The Balaban J connectivity index is 2.01. The molecule has 1 amide bonds. The maximum absolute atomic E-state index is 10.9. The normalized spacial score (nSPS) is 16.2. The molecule has 1 aromatic heterocycles. The van der Waals surface area contributed by atoms with Crippen molar-refractivity contribution in [2.75, 3.05) is 13.1 Å². The minimum Gasteiger partial charge on any atom is -0.475 e. The first kappa shape index (κ1) is 9.63. The Morgan fingerprint density at radius 3 is 2.67 bits per heavy atom. The molecule has 2 heterocycles. The molecule has 1 N–H and O–H groups in total. The molecule has 2 rings (SSSR count). The highest BCUT2D eigenvalue weighted by molar-refractivity contribution is 5.82. The average Bonchev–Trinajstić information content (AvgIpc) is 2.49. The monoisotopic (exact) mass is 210 g/mol. The molecular formula is C8H10N4O3. The molecule has 1 aliphatic heterocycles. The van der Waals surface area contributed by atoms with Crippen LogP contribution in [0.25, 0.3) is 0 Å². The third-order valence-corrected chi connectivity index (χ3v) is 2.38. The fourth-order valence-corrected chi connectivity index (χ4v) is 1.43. The molecule has 0 spiro atoms. The zero-order valence-electron chi connectivity index (χ0n) is 8.12. The molecule has 80 valence electrons. The number of carboxylic acids is 1. The summed E-state index contributed by atoms with van der Waals surface area (Å²) in [6.07, 6.45) is 1.38. The molecule has 1 fully saturated rings. The van der Waals surface area contributed by atoms with E-state index in [0.29, 0.717) is 13.1 Å². The number of hydrogen-bond acceptors (Lipinski definition) is 4. The van der Waals surface area contributed by atoms with Gasteiger partial charge in [0.2, 0.25) is 5.91 Å². The lowest BCUT2D eigenvalue weighted by Crippen LogP contribution is -2.50. The van der Waals surface area contributed by atoms with Crippen LogP contribution in [0.1, 0.15) is 23.6 Å². The van der Waals surface area contributed by atoms with Gasteiger partial charge in [-0.2, -0.15) is 0 Å². The van der Waals surface area contributed by atoms with Crippen molar-refractivity contribution < 1.29 is 14.7 Å². The number of rotatable bonds is 2. The van der Waals surface area contributed by atoms with Gasteiger partial charge in [0, 0.05) is 20.0 Å². The van der Waals surface area contributed by atoms with E-state index in [2.05, 4.69) is 10.1 Å². The van der Waals surface area contributed by atoms with Gasteiger partial charge in [-0.1, -0.05) is 0 Å². The van der Waals surface area contributed by atoms with Crippen molar-refractivity contribution in [3.63, 3.8) is 0 Å². The largest absolute Gasteiger partial charge is 0.475 e. The first-order valence-corrected chi connectivity index (χ1v) is 4.48. The maximum Gasteiger partial charge on any atom is 0.375 e. The van der Waals surface area contributed by atoms with Crippen LogP contribution in [0.3, 0.4) is 0 Å². The van der Waals surface area contributed by atoms with Gasteiger partial charge in [0.1, 0.15) is 6.33 Å². The molecule has 0 aromatic carbocycles. The average molecular weight is 210 g/mol. The highest BCUT2D eigenvalue weighted by atomic mass is 16.4. The zero-order valence-corrected chi connectivity index (χ0v) is 8.12. The van der Waals surface area contributed by atoms with Crippen LogP contribution in [0.4, 0.5) is 0 Å². The van der Waals surface area contributed by atoms with Crippen LogP contribution < -0.4 is 0 Å². The lowest BCUT2D eigenvalue weighted by atomic mass is 10.1. The van der Waals surface area contributed by atoms with Crippen LogP contribution >= 0.6 is 0 Å². The fourth-order valence-electron chi connectivity index (χ4n) is 1.43. The molecular weight excluding hydrogens is 200 g/mol. The number of carbonyl (C=O) groups excluding carboxylic acids is 1.